The number of aryl methyl sites for hydroxylation is 1. The standard InChI is InChI=1S/C19H17F3N4O/c1-11-9-14(12-5-3-2-4-6-12)25-26-15(10-23-17(11)26)18(27)24-16(13-7-8-13)19(20,21)22/h2-6,9-10,13,16H,7-8H2,1H3,(H,24,27). The molecular weight excluding hydrogens is 357 g/mol. The monoisotopic (exact) mass is 374 g/mol. The second-order valence-corrected chi connectivity index (χ2v) is 6.79. The average Bonchev–Trinajstić information content (AvgIpc) is 3.37. The molecule has 0 radical (unpaired) electrons. The number of fused-ring (bicyclic) bond motifs is 1. The first kappa shape index (κ1) is 17.5. The van der Waals surface area contributed by atoms with Crippen molar-refractivity contribution >= 4 is 11.6 Å². The van der Waals surface area contributed by atoms with Crippen molar-refractivity contribution < 1.29 is 18.0 Å². The number of carbonyl (C=O) groups excluding carboxylic acids is 1. The minimum absolute atomic E-state index is 0.0132. The third kappa shape index (κ3) is 3.39. The summed E-state index contributed by atoms with van der Waals surface area (Å²) in [5.74, 6) is -1.38. The van der Waals surface area contributed by atoms with Gasteiger partial charge in [0.1, 0.15) is 6.04 Å². The molecule has 0 bridgehead atoms. The van der Waals surface area contributed by atoms with Crippen LogP contribution in [0.15, 0.2) is 42.6 Å². The van der Waals surface area contributed by atoms with Gasteiger partial charge in [-0.3, -0.25) is 4.79 Å². The van der Waals surface area contributed by atoms with Crippen LogP contribution in [0, 0.1) is 12.8 Å². The Labute approximate surface area is 153 Å². The first-order valence-corrected chi connectivity index (χ1v) is 8.63. The quantitative estimate of drug-likeness (QED) is 0.756. The fourth-order valence-corrected chi connectivity index (χ4v) is 3.14. The van der Waals surface area contributed by atoms with Gasteiger partial charge < -0.3 is 5.32 Å². The minimum atomic E-state index is -4.48. The summed E-state index contributed by atoms with van der Waals surface area (Å²) < 4.78 is 41.0. The number of aromatic nitrogens is 3. The van der Waals surface area contributed by atoms with Gasteiger partial charge in [0, 0.05) is 5.56 Å². The molecule has 1 aromatic carbocycles. The molecule has 2 aromatic heterocycles. The maximum absolute atomic E-state index is 13.2. The third-order valence-electron chi connectivity index (χ3n) is 4.69. The Hall–Kier alpha value is -2.90. The fourth-order valence-electron chi connectivity index (χ4n) is 3.14. The summed E-state index contributed by atoms with van der Waals surface area (Å²) in [6, 6.07) is 9.34. The maximum atomic E-state index is 13.2. The number of carbonyl (C=O) groups is 1. The molecule has 1 amide bonds. The molecule has 1 aliphatic carbocycles. The largest absolute Gasteiger partial charge is 0.408 e. The maximum Gasteiger partial charge on any atom is 0.408 e. The van der Waals surface area contributed by atoms with E-state index in [9.17, 15) is 18.0 Å². The molecule has 140 valence electrons. The number of amides is 1. The van der Waals surface area contributed by atoms with E-state index in [0.29, 0.717) is 24.2 Å². The van der Waals surface area contributed by atoms with Gasteiger partial charge in [-0.2, -0.15) is 18.3 Å². The second-order valence-electron chi connectivity index (χ2n) is 6.79. The fraction of sp³-hybridized carbons (Fsp3) is 0.316. The van der Waals surface area contributed by atoms with E-state index in [-0.39, 0.29) is 5.69 Å². The van der Waals surface area contributed by atoms with Crippen molar-refractivity contribution in [2.75, 3.05) is 0 Å². The number of alkyl halides is 3. The number of benzene rings is 1. The third-order valence-corrected chi connectivity index (χ3v) is 4.69. The highest BCUT2D eigenvalue weighted by Crippen LogP contribution is 2.40. The van der Waals surface area contributed by atoms with E-state index in [4.69, 9.17) is 0 Å². The van der Waals surface area contributed by atoms with Crippen LogP contribution in [0.5, 0.6) is 0 Å². The number of halogens is 3. The number of rotatable bonds is 4. The van der Waals surface area contributed by atoms with Crippen molar-refractivity contribution in [3.63, 3.8) is 0 Å². The highest BCUT2D eigenvalue weighted by Gasteiger charge is 2.49. The molecule has 1 saturated carbocycles. The molecule has 5 nitrogen and oxygen atoms in total. The van der Waals surface area contributed by atoms with Gasteiger partial charge in [0.15, 0.2) is 11.3 Å². The van der Waals surface area contributed by atoms with Gasteiger partial charge in [0.05, 0.1) is 11.9 Å². The lowest BCUT2D eigenvalue weighted by Crippen LogP contribution is -2.47. The smallest absolute Gasteiger partial charge is 0.339 e. The van der Waals surface area contributed by atoms with E-state index < -0.39 is 24.0 Å². The lowest BCUT2D eigenvalue weighted by atomic mass is 10.1. The Morgan fingerprint density at radius 3 is 2.59 bits per heavy atom. The highest BCUT2D eigenvalue weighted by atomic mass is 19.4. The molecular formula is C19H17F3N4O. The number of nitrogens with zero attached hydrogens (tertiary/aromatic N) is 3. The number of nitrogens with one attached hydrogen (secondary N) is 1. The first-order valence-electron chi connectivity index (χ1n) is 8.63. The summed E-state index contributed by atoms with van der Waals surface area (Å²) >= 11 is 0. The molecule has 1 unspecified atom stereocenters. The molecule has 4 rings (SSSR count). The molecule has 0 spiro atoms. The molecule has 3 aromatic rings. The van der Waals surface area contributed by atoms with Crippen LogP contribution in [0.25, 0.3) is 16.9 Å². The predicted molar refractivity (Wildman–Crippen MR) is 93.2 cm³/mol. The van der Waals surface area contributed by atoms with Gasteiger partial charge in [-0.15, -0.1) is 0 Å². The van der Waals surface area contributed by atoms with Crippen molar-refractivity contribution in [1.29, 1.82) is 0 Å². The zero-order valence-corrected chi connectivity index (χ0v) is 14.5. The number of hydrogen-bond acceptors (Lipinski definition) is 3. The molecule has 27 heavy (non-hydrogen) atoms. The lowest BCUT2D eigenvalue weighted by Gasteiger charge is -2.21. The molecule has 0 saturated heterocycles. The molecule has 1 fully saturated rings. The van der Waals surface area contributed by atoms with Gasteiger partial charge in [-0.05, 0) is 37.3 Å². The molecule has 8 heteroatoms. The Kier molecular flexibility index (Phi) is 4.13. The van der Waals surface area contributed by atoms with E-state index in [2.05, 4.69) is 15.4 Å². The van der Waals surface area contributed by atoms with E-state index in [1.807, 2.05) is 43.3 Å². The van der Waals surface area contributed by atoms with Crippen molar-refractivity contribution in [2.45, 2.75) is 32.0 Å². The Morgan fingerprint density at radius 1 is 1.26 bits per heavy atom. The van der Waals surface area contributed by atoms with Gasteiger partial charge in [0.2, 0.25) is 0 Å². The van der Waals surface area contributed by atoms with E-state index in [0.717, 1.165) is 11.1 Å². The normalized spacial score (nSPS) is 15.7. The van der Waals surface area contributed by atoms with Crippen molar-refractivity contribution in [3.05, 3.63) is 53.9 Å². The Morgan fingerprint density at radius 2 is 1.96 bits per heavy atom. The molecule has 0 aliphatic heterocycles. The summed E-state index contributed by atoms with van der Waals surface area (Å²) in [5.41, 5.74) is 2.66. The Balaban J connectivity index is 1.71. The highest BCUT2D eigenvalue weighted by molar-refractivity contribution is 5.93. The SMILES string of the molecule is Cc1cc(-c2ccccc2)nn2c(C(=O)NC(C3CC3)C(F)(F)F)cnc12. The molecule has 2 heterocycles. The summed E-state index contributed by atoms with van der Waals surface area (Å²) in [4.78, 5) is 16.7. The van der Waals surface area contributed by atoms with Crippen LogP contribution in [0.4, 0.5) is 13.2 Å². The molecule has 1 aliphatic rings. The van der Waals surface area contributed by atoms with Crippen molar-refractivity contribution in [2.24, 2.45) is 5.92 Å². The topological polar surface area (TPSA) is 59.3 Å². The average molecular weight is 374 g/mol. The number of hydrogen-bond donors (Lipinski definition) is 1. The lowest BCUT2D eigenvalue weighted by molar-refractivity contribution is -0.158. The van der Waals surface area contributed by atoms with Crippen LogP contribution < -0.4 is 5.32 Å². The number of imidazole rings is 1. The van der Waals surface area contributed by atoms with Gasteiger partial charge in [0.25, 0.3) is 5.91 Å². The van der Waals surface area contributed by atoms with E-state index in [1.54, 1.807) is 0 Å². The van der Waals surface area contributed by atoms with Gasteiger partial charge >= 0.3 is 6.18 Å². The summed E-state index contributed by atoms with van der Waals surface area (Å²) in [5, 5.41) is 6.56. The van der Waals surface area contributed by atoms with Crippen LogP contribution >= 0.6 is 0 Å². The summed E-state index contributed by atoms with van der Waals surface area (Å²) in [7, 11) is 0. The van der Waals surface area contributed by atoms with Crippen LogP contribution in [-0.4, -0.2) is 32.7 Å². The van der Waals surface area contributed by atoms with E-state index in [1.165, 1.54) is 10.7 Å². The van der Waals surface area contributed by atoms with Gasteiger partial charge in [-0.25, -0.2) is 9.50 Å². The minimum Gasteiger partial charge on any atom is -0.339 e. The van der Waals surface area contributed by atoms with Crippen LogP contribution in [0.1, 0.15) is 28.9 Å². The molecule has 1 N–H and O–H groups in total. The second kappa shape index (κ2) is 6.37. The van der Waals surface area contributed by atoms with Crippen molar-refractivity contribution in [3.8, 4) is 11.3 Å². The van der Waals surface area contributed by atoms with Crippen LogP contribution in [0.2, 0.25) is 0 Å². The molecule has 1 atom stereocenters. The summed E-state index contributed by atoms with van der Waals surface area (Å²) in [6.45, 7) is 1.82. The zero-order chi connectivity index (χ0) is 19.2. The van der Waals surface area contributed by atoms with Crippen LogP contribution in [0.3, 0.4) is 0 Å². The summed E-state index contributed by atoms with van der Waals surface area (Å²) in [6.07, 6.45) is -2.28. The Bertz CT molecular complexity index is 993. The zero-order valence-electron chi connectivity index (χ0n) is 14.5. The van der Waals surface area contributed by atoms with Gasteiger partial charge in [-0.1, -0.05) is 30.3 Å². The predicted octanol–water partition coefficient (Wildman–Crippen LogP) is 3.78. The first-order chi connectivity index (χ1) is 12.8. The van der Waals surface area contributed by atoms with E-state index >= 15 is 0 Å². The van der Waals surface area contributed by atoms with Crippen LogP contribution in [-0.2, 0) is 0 Å². The van der Waals surface area contributed by atoms with Crippen molar-refractivity contribution in [1.82, 2.24) is 19.9 Å².